The van der Waals surface area contributed by atoms with Crippen LogP contribution in [0.5, 0.6) is 0 Å². The molecule has 2 N–H and O–H groups in total. The highest BCUT2D eigenvalue weighted by atomic mass is 32.1. The Balaban J connectivity index is 1.84. The predicted molar refractivity (Wildman–Crippen MR) is 78.9 cm³/mol. The second-order valence-electron chi connectivity index (χ2n) is 4.05. The molecule has 19 heavy (non-hydrogen) atoms. The molecule has 0 saturated heterocycles. The molecule has 2 amide bonds. The molecule has 2 rings (SSSR count). The van der Waals surface area contributed by atoms with E-state index < -0.39 is 0 Å². The Morgan fingerprint density at radius 1 is 1.37 bits per heavy atom. The number of amides is 2. The van der Waals surface area contributed by atoms with Crippen molar-refractivity contribution >= 4 is 33.8 Å². The number of hydrogen-bond acceptors (Lipinski definition) is 5. The van der Waals surface area contributed by atoms with E-state index in [1.54, 1.807) is 11.3 Å². The molecule has 2 aromatic heterocycles. The molecule has 0 atom stereocenters. The topological polar surface area (TPSA) is 66.9 Å². The Labute approximate surface area is 120 Å². The van der Waals surface area contributed by atoms with Gasteiger partial charge in [0.2, 0.25) is 0 Å². The molecule has 0 fully saturated rings. The normalized spacial score (nSPS) is 10.5. The molecule has 7 heteroatoms. The van der Waals surface area contributed by atoms with Gasteiger partial charge in [-0.25, -0.2) is 14.8 Å². The molecule has 0 aliphatic carbocycles. The van der Waals surface area contributed by atoms with Crippen LogP contribution in [-0.2, 0) is 13.0 Å². The summed E-state index contributed by atoms with van der Waals surface area (Å²) in [5.74, 6) is 0. The van der Waals surface area contributed by atoms with Crippen molar-refractivity contribution in [3.8, 4) is 0 Å². The maximum absolute atomic E-state index is 11.7. The number of thiazole rings is 2. The lowest BCUT2D eigenvalue weighted by atomic mass is 10.4. The fraction of sp³-hybridized carbons (Fsp3) is 0.417. The lowest BCUT2D eigenvalue weighted by Crippen LogP contribution is -2.28. The number of aryl methyl sites for hydroxylation is 3. The largest absolute Gasteiger partial charge is 0.331 e. The molecule has 2 aromatic rings. The Kier molecular flexibility index (Phi) is 4.49. The van der Waals surface area contributed by atoms with Gasteiger partial charge < -0.3 is 5.32 Å². The van der Waals surface area contributed by atoms with Crippen LogP contribution in [0.15, 0.2) is 5.38 Å². The minimum atomic E-state index is -0.248. The van der Waals surface area contributed by atoms with Gasteiger partial charge in [0.15, 0.2) is 5.13 Å². The van der Waals surface area contributed by atoms with Gasteiger partial charge in [0, 0.05) is 10.3 Å². The van der Waals surface area contributed by atoms with Gasteiger partial charge in [-0.3, -0.25) is 5.32 Å². The number of rotatable bonds is 4. The van der Waals surface area contributed by atoms with Gasteiger partial charge in [0.05, 0.1) is 17.9 Å². The summed E-state index contributed by atoms with van der Waals surface area (Å²) in [4.78, 5) is 21.5. The van der Waals surface area contributed by atoms with Crippen LogP contribution < -0.4 is 10.6 Å². The Morgan fingerprint density at radius 3 is 2.74 bits per heavy atom. The van der Waals surface area contributed by atoms with Gasteiger partial charge >= 0.3 is 6.03 Å². The maximum Gasteiger partial charge on any atom is 0.321 e. The standard InChI is InChI=1S/C12H16N4OS2/c1-4-9-6-18-12(15-9)16-11(17)13-5-10-14-7(2)8(3)19-10/h6H,4-5H2,1-3H3,(H2,13,15,16,17). The van der Waals surface area contributed by atoms with Crippen molar-refractivity contribution in [3.05, 3.63) is 26.7 Å². The van der Waals surface area contributed by atoms with Crippen molar-refractivity contribution in [1.82, 2.24) is 15.3 Å². The molecule has 0 bridgehead atoms. The number of nitrogens with one attached hydrogen (secondary N) is 2. The fourth-order valence-corrected chi connectivity index (χ4v) is 3.10. The predicted octanol–water partition coefficient (Wildman–Crippen LogP) is 3.10. The van der Waals surface area contributed by atoms with Crippen LogP contribution in [0.2, 0.25) is 0 Å². The number of hydrogen-bond donors (Lipinski definition) is 2. The second-order valence-corrected chi connectivity index (χ2v) is 6.20. The SMILES string of the molecule is CCc1csc(NC(=O)NCc2nc(C)c(C)s2)n1. The minimum absolute atomic E-state index is 0.248. The average molecular weight is 296 g/mol. The highest BCUT2D eigenvalue weighted by Gasteiger charge is 2.08. The third-order valence-corrected chi connectivity index (χ3v) is 4.49. The molecule has 0 aromatic carbocycles. The van der Waals surface area contributed by atoms with Crippen molar-refractivity contribution in [2.75, 3.05) is 5.32 Å². The molecular weight excluding hydrogens is 280 g/mol. The highest BCUT2D eigenvalue weighted by Crippen LogP contribution is 2.17. The van der Waals surface area contributed by atoms with E-state index >= 15 is 0 Å². The minimum Gasteiger partial charge on any atom is -0.331 e. The van der Waals surface area contributed by atoms with Gasteiger partial charge in [0.25, 0.3) is 0 Å². The fourth-order valence-electron chi connectivity index (χ4n) is 1.44. The molecule has 0 unspecified atom stereocenters. The first-order chi connectivity index (χ1) is 9.08. The van der Waals surface area contributed by atoms with E-state index in [2.05, 4.69) is 20.6 Å². The second kappa shape index (κ2) is 6.12. The molecule has 0 radical (unpaired) electrons. The summed E-state index contributed by atoms with van der Waals surface area (Å²) < 4.78 is 0. The summed E-state index contributed by atoms with van der Waals surface area (Å²) in [5, 5.41) is 8.99. The number of aromatic nitrogens is 2. The zero-order valence-corrected chi connectivity index (χ0v) is 12.7. The van der Waals surface area contributed by atoms with E-state index in [9.17, 15) is 4.79 Å². The lowest BCUT2D eigenvalue weighted by Gasteiger charge is -2.02. The van der Waals surface area contributed by atoms with Gasteiger partial charge in [-0.15, -0.1) is 22.7 Å². The first-order valence-electron chi connectivity index (χ1n) is 6.00. The molecule has 0 aliphatic rings. The third-order valence-electron chi connectivity index (χ3n) is 2.61. The summed E-state index contributed by atoms with van der Waals surface area (Å²) in [6.45, 7) is 6.47. The molecule has 0 spiro atoms. The van der Waals surface area contributed by atoms with Crippen LogP contribution in [0.1, 0.15) is 28.2 Å². The van der Waals surface area contributed by atoms with Crippen LogP contribution in [0.4, 0.5) is 9.93 Å². The van der Waals surface area contributed by atoms with Crippen molar-refractivity contribution in [3.63, 3.8) is 0 Å². The van der Waals surface area contributed by atoms with Crippen LogP contribution >= 0.6 is 22.7 Å². The van der Waals surface area contributed by atoms with Crippen molar-refractivity contribution < 1.29 is 4.79 Å². The molecule has 0 saturated carbocycles. The van der Waals surface area contributed by atoms with Gasteiger partial charge in [0.1, 0.15) is 5.01 Å². The van der Waals surface area contributed by atoms with E-state index in [1.165, 1.54) is 16.2 Å². The number of carbonyl (C=O) groups is 1. The summed E-state index contributed by atoms with van der Waals surface area (Å²) in [7, 11) is 0. The maximum atomic E-state index is 11.7. The Bertz CT molecular complexity index is 557. The number of nitrogens with zero attached hydrogens (tertiary/aromatic N) is 2. The third kappa shape index (κ3) is 3.74. The molecule has 5 nitrogen and oxygen atoms in total. The summed E-state index contributed by atoms with van der Waals surface area (Å²) in [6, 6.07) is -0.248. The van der Waals surface area contributed by atoms with Crippen LogP contribution in [0.25, 0.3) is 0 Å². The summed E-state index contributed by atoms with van der Waals surface area (Å²) >= 11 is 3.04. The van der Waals surface area contributed by atoms with E-state index in [-0.39, 0.29) is 6.03 Å². The lowest BCUT2D eigenvalue weighted by molar-refractivity contribution is 0.251. The first-order valence-corrected chi connectivity index (χ1v) is 7.70. The van der Waals surface area contributed by atoms with Crippen LogP contribution in [0.3, 0.4) is 0 Å². The molecule has 2 heterocycles. The Hall–Kier alpha value is -1.47. The van der Waals surface area contributed by atoms with E-state index in [0.717, 1.165) is 22.8 Å². The van der Waals surface area contributed by atoms with Crippen molar-refractivity contribution in [1.29, 1.82) is 0 Å². The van der Waals surface area contributed by atoms with Crippen LogP contribution in [-0.4, -0.2) is 16.0 Å². The molecular formula is C12H16N4OS2. The smallest absolute Gasteiger partial charge is 0.321 e. The zero-order chi connectivity index (χ0) is 13.8. The zero-order valence-electron chi connectivity index (χ0n) is 11.1. The quantitative estimate of drug-likeness (QED) is 0.911. The van der Waals surface area contributed by atoms with Gasteiger partial charge in [-0.05, 0) is 20.3 Å². The first kappa shape index (κ1) is 14.0. The average Bonchev–Trinajstić information content (AvgIpc) is 2.95. The van der Waals surface area contributed by atoms with E-state index in [1.807, 2.05) is 26.2 Å². The van der Waals surface area contributed by atoms with Crippen molar-refractivity contribution in [2.24, 2.45) is 0 Å². The van der Waals surface area contributed by atoms with Gasteiger partial charge in [-0.1, -0.05) is 6.92 Å². The van der Waals surface area contributed by atoms with Gasteiger partial charge in [-0.2, -0.15) is 0 Å². The summed E-state index contributed by atoms with van der Waals surface area (Å²) in [5.41, 5.74) is 2.01. The summed E-state index contributed by atoms with van der Waals surface area (Å²) in [6.07, 6.45) is 0.872. The number of carbonyl (C=O) groups excluding carboxylic acids is 1. The highest BCUT2D eigenvalue weighted by molar-refractivity contribution is 7.14. The Morgan fingerprint density at radius 2 is 2.16 bits per heavy atom. The molecule has 102 valence electrons. The van der Waals surface area contributed by atoms with Crippen molar-refractivity contribution in [2.45, 2.75) is 33.7 Å². The van der Waals surface area contributed by atoms with E-state index in [0.29, 0.717) is 11.7 Å². The monoisotopic (exact) mass is 296 g/mol. The molecule has 0 aliphatic heterocycles. The van der Waals surface area contributed by atoms with Crippen LogP contribution in [0, 0.1) is 13.8 Å². The van der Waals surface area contributed by atoms with E-state index in [4.69, 9.17) is 0 Å². The number of anilines is 1. The number of urea groups is 1.